The van der Waals surface area contributed by atoms with E-state index in [1.54, 1.807) is 6.92 Å². The van der Waals surface area contributed by atoms with Crippen molar-refractivity contribution in [3.8, 4) is 0 Å². The summed E-state index contributed by atoms with van der Waals surface area (Å²) in [7, 11) is 0. The van der Waals surface area contributed by atoms with Crippen molar-refractivity contribution in [3.05, 3.63) is 0 Å². The number of carboxylic acid groups (broad SMARTS) is 1. The molecule has 4 fully saturated rings. The molecule has 2 aliphatic carbocycles. The van der Waals surface area contributed by atoms with Gasteiger partial charge in [-0.2, -0.15) is 0 Å². The fraction of sp³-hybridized carbons (Fsp3) is 0.850. The summed E-state index contributed by atoms with van der Waals surface area (Å²) in [5, 5.41) is 9.35. The third kappa shape index (κ3) is 2.23. The van der Waals surface area contributed by atoms with Crippen LogP contribution in [-0.2, 0) is 23.9 Å². The fourth-order valence-electron chi connectivity index (χ4n) is 6.34. The summed E-state index contributed by atoms with van der Waals surface area (Å²) in [6, 6.07) is 0. The van der Waals surface area contributed by atoms with Gasteiger partial charge in [-0.3, -0.25) is 14.4 Å². The molecule has 1 spiro atoms. The Morgan fingerprint density at radius 2 is 2.00 bits per heavy atom. The maximum atomic E-state index is 13.2. The van der Waals surface area contributed by atoms with Crippen molar-refractivity contribution in [2.75, 3.05) is 13.2 Å². The smallest absolute Gasteiger partial charge is 0.309 e. The number of cyclic esters (lactones) is 1. The molecule has 0 radical (unpaired) electrons. The van der Waals surface area contributed by atoms with E-state index in [-0.39, 0.29) is 53.6 Å². The Labute approximate surface area is 153 Å². The van der Waals surface area contributed by atoms with Crippen LogP contribution in [0.3, 0.4) is 0 Å². The van der Waals surface area contributed by atoms with E-state index in [1.807, 2.05) is 0 Å². The number of Topliss-reactive ketones (excluding diaryl/α,β-unsaturated/α-hetero) is 1. The van der Waals surface area contributed by atoms with Crippen LogP contribution in [0.15, 0.2) is 0 Å². The topological polar surface area (TPSA) is 89.9 Å². The number of esters is 1. The van der Waals surface area contributed by atoms with Gasteiger partial charge in [-0.05, 0) is 36.5 Å². The standard InChI is InChI=1S/C20H28O6/c1-10(17(22)23)11-4-5-13-12(6-11)18(24)26-9-20(13)14-8-25-16(7-15(20)21)19(14,2)3/h10-14,16H,4-9H2,1-3H3,(H,22,23)/t10-,11-,12+,13-,14-,16-,20+/m1/s1. The first-order valence-corrected chi connectivity index (χ1v) is 9.74. The summed E-state index contributed by atoms with van der Waals surface area (Å²) < 4.78 is 11.5. The van der Waals surface area contributed by atoms with Crippen LogP contribution in [0.1, 0.15) is 46.5 Å². The Balaban J connectivity index is 1.68. The van der Waals surface area contributed by atoms with E-state index >= 15 is 0 Å². The Hall–Kier alpha value is -1.43. The van der Waals surface area contributed by atoms with Crippen molar-refractivity contribution in [1.29, 1.82) is 0 Å². The lowest BCUT2D eigenvalue weighted by molar-refractivity contribution is -0.195. The number of ketones is 1. The number of hydrogen-bond acceptors (Lipinski definition) is 5. The largest absolute Gasteiger partial charge is 0.481 e. The van der Waals surface area contributed by atoms with Gasteiger partial charge in [0.15, 0.2) is 0 Å². The molecule has 7 atom stereocenters. The van der Waals surface area contributed by atoms with Gasteiger partial charge >= 0.3 is 11.9 Å². The Kier molecular flexibility index (Phi) is 3.99. The van der Waals surface area contributed by atoms with Crippen molar-refractivity contribution in [1.82, 2.24) is 0 Å². The molecule has 0 aromatic carbocycles. The molecule has 2 heterocycles. The second-order valence-corrected chi connectivity index (χ2v) is 9.38. The van der Waals surface area contributed by atoms with Gasteiger partial charge in [-0.15, -0.1) is 0 Å². The number of fused-ring (bicyclic) bond motifs is 5. The van der Waals surface area contributed by atoms with Gasteiger partial charge in [0.25, 0.3) is 0 Å². The zero-order valence-corrected chi connectivity index (χ0v) is 15.7. The van der Waals surface area contributed by atoms with Gasteiger partial charge in [0.2, 0.25) is 0 Å². The zero-order valence-electron chi connectivity index (χ0n) is 15.7. The lowest BCUT2D eigenvalue weighted by atomic mass is 9.47. The van der Waals surface area contributed by atoms with Gasteiger partial charge in [-0.1, -0.05) is 20.8 Å². The molecule has 26 heavy (non-hydrogen) atoms. The van der Waals surface area contributed by atoms with E-state index in [9.17, 15) is 19.5 Å². The number of rotatable bonds is 2. The monoisotopic (exact) mass is 364 g/mol. The predicted molar refractivity (Wildman–Crippen MR) is 91.1 cm³/mol. The second kappa shape index (κ2) is 5.78. The average Bonchev–Trinajstić information content (AvgIpc) is 2.80. The van der Waals surface area contributed by atoms with Crippen LogP contribution >= 0.6 is 0 Å². The summed E-state index contributed by atoms with van der Waals surface area (Å²) in [6.07, 6.45) is 2.30. The quantitative estimate of drug-likeness (QED) is 0.756. The van der Waals surface area contributed by atoms with Crippen molar-refractivity contribution < 1.29 is 29.0 Å². The molecule has 0 aromatic rings. The molecule has 144 valence electrons. The number of aliphatic carboxylic acids is 1. The molecule has 0 unspecified atom stereocenters. The van der Waals surface area contributed by atoms with Crippen molar-refractivity contribution in [3.63, 3.8) is 0 Å². The van der Waals surface area contributed by atoms with Crippen molar-refractivity contribution >= 4 is 17.7 Å². The number of hydrogen-bond donors (Lipinski definition) is 1. The maximum absolute atomic E-state index is 13.2. The van der Waals surface area contributed by atoms with Gasteiger partial charge in [0.05, 0.1) is 30.0 Å². The van der Waals surface area contributed by atoms with Crippen LogP contribution in [0.5, 0.6) is 0 Å². The van der Waals surface area contributed by atoms with Crippen molar-refractivity contribution in [2.24, 2.45) is 40.4 Å². The lowest BCUT2D eigenvalue weighted by Gasteiger charge is -2.56. The van der Waals surface area contributed by atoms with E-state index in [2.05, 4.69) is 13.8 Å². The summed E-state index contributed by atoms with van der Waals surface area (Å²) in [4.78, 5) is 37.2. The molecule has 6 nitrogen and oxygen atoms in total. The molecule has 2 bridgehead atoms. The zero-order chi connectivity index (χ0) is 18.9. The number of ether oxygens (including phenoxy) is 2. The van der Waals surface area contributed by atoms with E-state index in [1.165, 1.54) is 0 Å². The van der Waals surface area contributed by atoms with E-state index in [0.29, 0.717) is 25.9 Å². The van der Waals surface area contributed by atoms with E-state index < -0.39 is 17.3 Å². The number of carbonyl (C=O) groups is 3. The van der Waals surface area contributed by atoms with E-state index in [4.69, 9.17) is 9.47 Å². The van der Waals surface area contributed by atoms with Gasteiger partial charge < -0.3 is 14.6 Å². The highest BCUT2D eigenvalue weighted by Crippen LogP contribution is 2.62. The fourth-order valence-corrected chi connectivity index (χ4v) is 6.34. The summed E-state index contributed by atoms with van der Waals surface area (Å²) in [6.45, 7) is 6.73. The minimum absolute atomic E-state index is 0.0456. The highest BCUT2D eigenvalue weighted by atomic mass is 16.5. The minimum atomic E-state index is -0.825. The first-order chi connectivity index (χ1) is 12.2. The minimum Gasteiger partial charge on any atom is -0.481 e. The molecule has 0 aromatic heterocycles. The van der Waals surface area contributed by atoms with Crippen molar-refractivity contribution in [2.45, 2.75) is 52.6 Å². The molecule has 0 amide bonds. The first kappa shape index (κ1) is 18.0. The molecular formula is C20H28O6. The molecule has 1 N–H and O–H groups in total. The van der Waals surface area contributed by atoms with Gasteiger partial charge in [0.1, 0.15) is 12.4 Å². The summed E-state index contributed by atoms with van der Waals surface area (Å²) in [5.41, 5.74) is -0.778. The van der Waals surface area contributed by atoms with Crippen LogP contribution in [-0.4, -0.2) is 42.1 Å². The van der Waals surface area contributed by atoms with Crippen LogP contribution in [0.25, 0.3) is 0 Å². The average molecular weight is 364 g/mol. The predicted octanol–water partition coefficient (Wildman–Crippen LogP) is 2.30. The first-order valence-electron chi connectivity index (χ1n) is 9.74. The molecule has 4 rings (SSSR count). The summed E-state index contributed by atoms with van der Waals surface area (Å²) in [5.74, 6) is -1.81. The number of carbonyl (C=O) groups excluding carboxylic acids is 2. The van der Waals surface area contributed by atoms with Crippen LogP contribution in [0.2, 0.25) is 0 Å². The maximum Gasteiger partial charge on any atom is 0.309 e. The Morgan fingerprint density at radius 1 is 1.27 bits per heavy atom. The van der Waals surface area contributed by atoms with Crippen LogP contribution in [0, 0.1) is 40.4 Å². The molecule has 4 aliphatic rings. The Bertz CT molecular complexity index is 655. The second-order valence-electron chi connectivity index (χ2n) is 9.38. The van der Waals surface area contributed by atoms with Gasteiger partial charge in [0, 0.05) is 12.3 Å². The summed E-state index contributed by atoms with van der Waals surface area (Å²) >= 11 is 0. The molecule has 2 saturated carbocycles. The molecular weight excluding hydrogens is 336 g/mol. The lowest BCUT2D eigenvalue weighted by Crippen LogP contribution is -2.63. The third-order valence-electron chi connectivity index (χ3n) is 8.11. The third-order valence-corrected chi connectivity index (χ3v) is 8.11. The highest BCUT2D eigenvalue weighted by Gasteiger charge is 2.68. The normalized spacial score (nSPS) is 45.1. The van der Waals surface area contributed by atoms with Crippen LogP contribution in [0.4, 0.5) is 0 Å². The van der Waals surface area contributed by atoms with E-state index in [0.717, 1.165) is 6.42 Å². The highest BCUT2D eigenvalue weighted by molar-refractivity contribution is 5.90. The molecule has 2 aliphatic heterocycles. The molecule has 6 heteroatoms. The van der Waals surface area contributed by atoms with Gasteiger partial charge in [-0.25, -0.2) is 0 Å². The SMILES string of the molecule is C[C@@H](C(=O)O)[C@@H]1CC[C@@H]2[C@H](C1)C(=O)OC[C@]21C(=O)C[C@H]2OC[C@@H]1C2(C)C. The molecule has 2 saturated heterocycles. The number of carboxylic acids is 1. The van der Waals surface area contributed by atoms with Crippen LogP contribution < -0.4 is 0 Å². The Morgan fingerprint density at radius 3 is 2.69 bits per heavy atom.